The van der Waals surface area contributed by atoms with Gasteiger partial charge in [0.05, 0.1) is 11.2 Å². The lowest BCUT2D eigenvalue weighted by Gasteiger charge is -2.25. The molecule has 22 heavy (non-hydrogen) atoms. The maximum atomic E-state index is 13.5. The smallest absolute Gasteiger partial charge is 0.141 e. The Kier molecular flexibility index (Phi) is 4.55. The minimum atomic E-state index is -0.427. The first-order valence-corrected chi connectivity index (χ1v) is 7.44. The molecule has 2 atom stereocenters. The molecular weight excluding hydrogens is 310 g/mol. The van der Waals surface area contributed by atoms with Crippen molar-refractivity contribution in [2.45, 2.75) is 12.5 Å². The summed E-state index contributed by atoms with van der Waals surface area (Å²) in [5, 5.41) is 3.45. The van der Waals surface area contributed by atoms with Gasteiger partial charge in [0.25, 0.3) is 0 Å². The third kappa shape index (κ3) is 3.36. The van der Waals surface area contributed by atoms with Crippen LogP contribution < -0.4 is 10.1 Å². The molecule has 0 spiro atoms. The normalized spacial score (nSPS) is 19.1. The Morgan fingerprint density at radius 1 is 1.23 bits per heavy atom. The number of nitrogens with zero attached hydrogens (tertiary/aromatic N) is 1. The third-order valence-corrected chi connectivity index (χ3v) is 4.02. The molecule has 1 aliphatic heterocycles. The van der Waals surface area contributed by atoms with Gasteiger partial charge in [0.15, 0.2) is 0 Å². The molecule has 116 valence electrons. The van der Waals surface area contributed by atoms with Crippen molar-refractivity contribution in [1.82, 2.24) is 10.3 Å². The van der Waals surface area contributed by atoms with Crippen LogP contribution in [0, 0.1) is 17.6 Å². The highest BCUT2D eigenvalue weighted by Crippen LogP contribution is 2.35. The fourth-order valence-electron chi connectivity index (χ4n) is 2.66. The summed E-state index contributed by atoms with van der Waals surface area (Å²) in [6, 6.07) is 5.38. The van der Waals surface area contributed by atoms with E-state index < -0.39 is 11.6 Å². The summed E-state index contributed by atoms with van der Waals surface area (Å²) < 4.78 is 32.6. The number of ether oxygens (including phenoxy) is 1. The minimum Gasteiger partial charge on any atom is -0.484 e. The Morgan fingerprint density at radius 2 is 2.09 bits per heavy atom. The molecule has 6 heteroatoms. The van der Waals surface area contributed by atoms with Gasteiger partial charge in [-0.25, -0.2) is 8.78 Å². The fourth-order valence-corrected chi connectivity index (χ4v) is 2.88. The molecule has 0 bridgehead atoms. The van der Waals surface area contributed by atoms with E-state index in [9.17, 15) is 8.78 Å². The lowest BCUT2D eigenvalue weighted by atomic mass is 9.96. The largest absolute Gasteiger partial charge is 0.484 e. The Morgan fingerprint density at radius 3 is 2.77 bits per heavy atom. The van der Waals surface area contributed by atoms with Crippen molar-refractivity contribution in [2.24, 2.45) is 5.92 Å². The van der Waals surface area contributed by atoms with Crippen LogP contribution in [0.2, 0.25) is 5.02 Å². The van der Waals surface area contributed by atoms with E-state index in [2.05, 4.69) is 10.3 Å². The molecule has 1 aliphatic rings. The van der Waals surface area contributed by atoms with Crippen molar-refractivity contribution >= 4 is 11.6 Å². The molecule has 1 saturated heterocycles. The molecule has 1 aromatic carbocycles. The second kappa shape index (κ2) is 6.58. The second-order valence-electron chi connectivity index (χ2n) is 5.30. The summed E-state index contributed by atoms with van der Waals surface area (Å²) in [5.74, 6) is -0.292. The van der Waals surface area contributed by atoms with Crippen molar-refractivity contribution in [3.05, 3.63) is 58.9 Å². The third-order valence-electron chi connectivity index (χ3n) is 3.73. The maximum absolute atomic E-state index is 13.5. The quantitative estimate of drug-likeness (QED) is 0.930. The van der Waals surface area contributed by atoms with Crippen molar-refractivity contribution in [1.29, 1.82) is 0 Å². The summed E-state index contributed by atoms with van der Waals surface area (Å²) in [6.07, 6.45) is 3.25. The first kappa shape index (κ1) is 15.2. The molecule has 0 amide bonds. The van der Waals surface area contributed by atoms with Crippen molar-refractivity contribution in [3.8, 4) is 5.75 Å². The van der Waals surface area contributed by atoms with E-state index in [1.165, 1.54) is 24.3 Å². The molecule has 1 fully saturated rings. The van der Waals surface area contributed by atoms with Gasteiger partial charge in [0.1, 0.15) is 23.5 Å². The van der Waals surface area contributed by atoms with Gasteiger partial charge in [-0.2, -0.15) is 0 Å². The number of aromatic nitrogens is 1. The van der Waals surface area contributed by atoms with Gasteiger partial charge < -0.3 is 10.1 Å². The predicted octanol–water partition coefficient (Wildman–Crippen LogP) is 3.74. The Bertz CT molecular complexity index is 662. The van der Waals surface area contributed by atoms with Crippen molar-refractivity contribution in [3.63, 3.8) is 0 Å². The maximum Gasteiger partial charge on any atom is 0.141 e. The van der Waals surface area contributed by atoms with Crippen LogP contribution in [0.3, 0.4) is 0 Å². The van der Waals surface area contributed by atoms with Crippen LogP contribution in [0.25, 0.3) is 0 Å². The van der Waals surface area contributed by atoms with Gasteiger partial charge in [0, 0.05) is 24.2 Å². The zero-order valence-corrected chi connectivity index (χ0v) is 12.5. The second-order valence-corrected chi connectivity index (χ2v) is 5.71. The molecular formula is C16H15ClF2N2O. The highest BCUT2D eigenvalue weighted by atomic mass is 35.5. The van der Waals surface area contributed by atoms with Gasteiger partial charge in [-0.05, 0) is 37.2 Å². The SMILES string of the molecule is Fc1cncc(C(Oc2ccc(F)cc2Cl)C2CCNC2)c1. The lowest BCUT2D eigenvalue weighted by Crippen LogP contribution is -2.22. The van der Waals surface area contributed by atoms with E-state index in [0.29, 0.717) is 11.3 Å². The molecule has 3 nitrogen and oxygen atoms in total. The van der Waals surface area contributed by atoms with Gasteiger partial charge in [-0.15, -0.1) is 0 Å². The Hall–Kier alpha value is -1.72. The number of halogens is 3. The molecule has 0 radical (unpaired) electrons. The Balaban J connectivity index is 1.91. The highest BCUT2D eigenvalue weighted by Gasteiger charge is 2.29. The van der Waals surface area contributed by atoms with Crippen LogP contribution in [0.1, 0.15) is 18.1 Å². The summed E-state index contributed by atoms with van der Waals surface area (Å²) >= 11 is 6.03. The van der Waals surface area contributed by atoms with Gasteiger partial charge >= 0.3 is 0 Å². The van der Waals surface area contributed by atoms with E-state index in [1.54, 1.807) is 6.20 Å². The van der Waals surface area contributed by atoms with Gasteiger partial charge in [-0.1, -0.05) is 11.6 Å². The van der Waals surface area contributed by atoms with Gasteiger partial charge in [-0.3, -0.25) is 4.98 Å². The molecule has 3 rings (SSSR count). The number of hydrogen-bond acceptors (Lipinski definition) is 3. The van der Waals surface area contributed by atoms with Crippen molar-refractivity contribution < 1.29 is 13.5 Å². The highest BCUT2D eigenvalue weighted by molar-refractivity contribution is 6.32. The van der Waals surface area contributed by atoms with Crippen LogP contribution in [0.5, 0.6) is 5.75 Å². The van der Waals surface area contributed by atoms with Crippen LogP contribution in [-0.2, 0) is 0 Å². The zero-order chi connectivity index (χ0) is 15.5. The van der Waals surface area contributed by atoms with Crippen LogP contribution in [-0.4, -0.2) is 18.1 Å². The van der Waals surface area contributed by atoms with E-state index in [0.717, 1.165) is 25.7 Å². The Labute approximate surface area is 132 Å². The number of nitrogens with one attached hydrogen (secondary N) is 1. The standard InChI is InChI=1S/C16H15ClF2N2O/c17-14-6-12(18)1-2-15(14)22-16(10-3-4-20-7-10)11-5-13(19)9-21-8-11/h1-2,5-6,8-10,16,20H,3-4,7H2. The molecule has 2 heterocycles. The summed E-state index contributed by atoms with van der Waals surface area (Å²) in [5.41, 5.74) is 0.647. The average Bonchev–Trinajstić information content (AvgIpc) is 3.00. The van der Waals surface area contributed by atoms with Crippen molar-refractivity contribution in [2.75, 3.05) is 13.1 Å². The molecule has 0 saturated carbocycles. The number of pyridine rings is 1. The number of hydrogen-bond donors (Lipinski definition) is 1. The van der Waals surface area contributed by atoms with E-state index >= 15 is 0 Å². The number of benzene rings is 1. The monoisotopic (exact) mass is 324 g/mol. The van der Waals surface area contributed by atoms with E-state index in [1.807, 2.05) is 0 Å². The van der Waals surface area contributed by atoms with Gasteiger partial charge in [0.2, 0.25) is 0 Å². The number of rotatable bonds is 4. The minimum absolute atomic E-state index is 0.171. The first-order valence-electron chi connectivity index (χ1n) is 7.06. The fraction of sp³-hybridized carbons (Fsp3) is 0.312. The lowest BCUT2D eigenvalue weighted by molar-refractivity contribution is 0.143. The molecule has 0 aliphatic carbocycles. The summed E-state index contributed by atoms with van der Waals surface area (Å²) in [4.78, 5) is 3.89. The zero-order valence-electron chi connectivity index (χ0n) is 11.7. The summed E-state index contributed by atoms with van der Waals surface area (Å²) in [7, 11) is 0. The molecule has 2 aromatic rings. The molecule has 2 unspecified atom stereocenters. The topological polar surface area (TPSA) is 34.1 Å². The van der Waals surface area contributed by atoms with E-state index in [-0.39, 0.29) is 17.0 Å². The predicted molar refractivity (Wildman–Crippen MR) is 80.0 cm³/mol. The van der Waals surface area contributed by atoms with Crippen LogP contribution in [0.15, 0.2) is 36.7 Å². The van der Waals surface area contributed by atoms with Crippen LogP contribution >= 0.6 is 11.6 Å². The summed E-state index contributed by atoms with van der Waals surface area (Å²) in [6.45, 7) is 1.64. The van der Waals surface area contributed by atoms with Crippen LogP contribution in [0.4, 0.5) is 8.78 Å². The van der Waals surface area contributed by atoms with E-state index in [4.69, 9.17) is 16.3 Å². The average molecular weight is 325 g/mol. The first-order chi connectivity index (χ1) is 10.6. The molecule has 1 aromatic heterocycles. The molecule has 1 N–H and O–H groups in total.